The van der Waals surface area contributed by atoms with Gasteiger partial charge < -0.3 is 9.84 Å². The van der Waals surface area contributed by atoms with E-state index in [9.17, 15) is 9.90 Å². The lowest BCUT2D eigenvalue weighted by Gasteiger charge is -2.09. The Labute approximate surface area is 81.6 Å². The first kappa shape index (κ1) is 8.81. The molecule has 1 atom stereocenters. The molecule has 0 aliphatic carbocycles. The highest BCUT2D eigenvalue weighted by Crippen LogP contribution is 2.34. The van der Waals surface area contributed by atoms with Crippen LogP contribution in [0.1, 0.15) is 11.5 Å². The molecule has 0 bridgehead atoms. The first-order valence-corrected chi connectivity index (χ1v) is 4.34. The molecule has 1 N–H and O–H groups in total. The van der Waals surface area contributed by atoms with Crippen molar-refractivity contribution in [2.24, 2.45) is 0 Å². The maximum absolute atomic E-state index is 11.1. The number of phenols is 1. The number of benzene rings is 1. The van der Waals surface area contributed by atoms with Gasteiger partial charge in [0.1, 0.15) is 12.4 Å². The molecule has 0 amide bonds. The minimum atomic E-state index is -0.377. The van der Waals surface area contributed by atoms with Crippen LogP contribution in [0.5, 0.6) is 5.75 Å². The van der Waals surface area contributed by atoms with Crippen LogP contribution in [0.25, 0.3) is 0 Å². The fraction of sp³-hybridized carbons (Fsp3) is 0.182. The molecule has 2 rings (SSSR count). The summed E-state index contributed by atoms with van der Waals surface area (Å²) < 4.78 is 4.84. The zero-order valence-corrected chi connectivity index (χ0v) is 7.56. The third kappa shape index (κ3) is 1.27. The van der Waals surface area contributed by atoms with Gasteiger partial charge in [0.25, 0.3) is 0 Å². The van der Waals surface area contributed by atoms with E-state index in [2.05, 4.69) is 6.58 Å². The van der Waals surface area contributed by atoms with E-state index in [-0.39, 0.29) is 24.2 Å². The van der Waals surface area contributed by atoms with Gasteiger partial charge in [0.15, 0.2) is 0 Å². The van der Waals surface area contributed by atoms with Crippen molar-refractivity contribution in [2.45, 2.75) is 5.92 Å². The molecule has 72 valence electrons. The van der Waals surface area contributed by atoms with Gasteiger partial charge >= 0.3 is 5.97 Å². The summed E-state index contributed by atoms with van der Waals surface area (Å²) >= 11 is 0. The van der Waals surface area contributed by atoms with E-state index in [4.69, 9.17) is 4.74 Å². The molecule has 0 aromatic heterocycles. The first-order valence-electron chi connectivity index (χ1n) is 4.34. The molecule has 1 aliphatic heterocycles. The number of rotatable bonds is 1. The molecule has 1 fully saturated rings. The fourth-order valence-electron chi connectivity index (χ4n) is 1.55. The van der Waals surface area contributed by atoms with Crippen molar-refractivity contribution in [3.8, 4) is 5.75 Å². The number of aromatic hydroxyl groups is 1. The van der Waals surface area contributed by atoms with Crippen LogP contribution in [-0.4, -0.2) is 17.7 Å². The number of hydrogen-bond donors (Lipinski definition) is 1. The summed E-state index contributed by atoms with van der Waals surface area (Å²) in [4.78, 5) is 11.1. The van der Waals surface area contributed by atoms with Gasteiger partial charge in [-0.25, -0.2) is 4.79 Å². The topological polar surface area (TPSA) is 46.5 Å². The van der Waals surface area contributed by atoms with Crippen LogP contribution in [0.2, 0.25) is 0 Å². The minimum Gasteiger partial charge on any atom is -0.508 e. The van der Waals surface area contributed by atoms with Crippen molar-refractivity contribution >= 4 is 5.97 Å². The molecular formula is C11H10O3. The third-order valence-corrected chi connectivity index (χ3v) is 2.38. The molecule has 0 spiro atoms. The van der Waals surface area contributed by atoms with Crippen molar-refractivity contribution < 1.29 is 14.6 Å². The predicted molar refractivity (Wildman–Crippen MR) is 50.9 cm³/mol. The highest BCUT2D eigenvalue weighted by molar-refractivity contribution is 5.92. The van der Waals surface area contributed by atoms with Gasteiger partial charge in [0, 0.05) is 11.1 Å². The van der Waals surface area contributed by atoms with Gasteiger partial charge in [-0.2, -0.15) is 0 Å². The summed E-state index contributed by atoms with van der Waals surface area (Å²) in [5.41, 5.74) is 1.11. The Morgan fingerprint density at radius 1 is 1.43 bits per heavy atom. The second kappa shape index (κ2) is 3.18. The minimum absolute atomic E-state index is 0.178. The molecule has 1 heterocycles. The Hall–Kier alpha value is -1.77. The molecule has 0 saturated carbocycles. The van der Waals surface area contributed by atoms with Crippen LogP contribution < -0.4 is 0 Å². The van der Waals surface area contributed by atoms with Gasteiger partial charge in [-0.05, 0) is 6.07 Å². The number of carbonyl (C=O) groups excluding carboxylic acids is 1. The Kier molecular flexibility index (Phi) is 2.00. The molecule has 1 saturated heterocycles. The van der Waals surface area contributed by atoms with Gasteiger partial charge in [0.05, 0.1) is 5.92 Å². The number of phenolic OH excluding ortho intramolecular Hbond substituents is 1. The van der Waals surface area contributed by atoms with Gasteiger partial charge in [0.2, 0.25) is 0 Å². The number of ether oxygens (including phenoxy) is 1. The highest BCUT2D eigenvalue weighted by atomic mass is 16.5. The van der Waals surface area contributed by atoms with E-state index < -0.39 is 0 Å². The molecule has 0 radical (unpaired) electrons. The number of para-hydroxylation sites is 1. The third-order valence-electron chi connectivity index (χ3n) is 2.38. The molecular weight excluding hydrogens is 180 g/mol. The molecule has 1 unspecified atom stereocenters. The maximum Gasteiger partial charge on any atom is 0.334 e. The van der Waals surface area contributed by atoms with Crippen LogP contribution in [0.3, 0.4) is 0 Å². The van der Waals surface area contributed by atoms with Gasteiger partial charge in [-0.15, -0.1) is 0 Å². The quantitative estimate of drug-likeness (QED) is 0.540. The fourth-order valence-corrected chi connectivity index (χ4v) is 1.55. The average molecular weight is 190 g/mol. The van der Waals surface area contributed by atoms with Crippen molar-refractivity contribution in [1.29, 1.82) is 0 Å². The van der Waals surface area contributed by atoms with Crippen molar-refractivity contribution in [3.05, 3.63) is 42.0 Å². The van der Waals surface area contributed by atoms with Crippen molar-refractivity contribution in [3.63, 3.8) is 0 Å². The largest absolute Gasteiger partial charge is 0.508 e. The summed E-state index contributed by atoms with van der Waals surface area (Å²) in [6.07, 6.45) is 0. The molecule has 1 aliphatic rings. The molecule has 3 heteroatoms. The van der Waals surface area contributed by atoms with E-state index in [1.54, 1.807) is 18.2 Å². The second-order valence-corrected chi connectivity index (χ2v) is 3.24. The number of cyclic esters (lactones) is 1. The zero-order chi connectivity index (χ0) is 10.1. The molecule has 1 aromatic carbocycles. The standard InChI is InChI=1S/C11H10O3/c1-7-9(6-14-11(7)13)8-4-2-3-5-10(8)12/h2-5,9,12H,1,6H2. The number of hydrogen-bond acceptors (Lipinski definition) is 3. The Morgan fingerprint density at radius 2 is 2.14 bits per heavy atom. The summed E-state index contributed by atoms with van der Waals surface area (Å²) in [6.45, 7) is 3.92. The number of carbonyl (C=O) groups is 1. The zero-order valence-electron chi connectivity index (χ0n) is 7.56. The lowest BCUT2D eigenvalue weighted by molar-refractivity contribution is -0.135. The SMILES string of the molecule is C=C1C(=O)OCC1c1ccccc1O. The van der Waals surface area contributed by atoms with Crippen molar-refractivity contribution in [1.82, 2.24) is 0 Å². The van der Waals surface area contributed by atoms with Crippen LogP contribution in [0, 0.1) is 0 Å². The van der Waals surface area contributed by atoms with Crippen LogP contribution in [0.4, 0.5) is 0 Å². The van der Waals surface area contributed by atoms with Crippen LogP contribution in [0.15, 0.2) is 36.4 Å². The predicted octanol–water partition coefficient (Wildman–Crippen LogP) is 1.59. The Bertz CT molecular complexity index is 395. The summed E-state index contributed by atoms with van der Waals surface area (Å²) in [6, 6.07) is 6.91. The average Bonchev–Trinajstić information content (AvgIpc) is 2.49. The summed E-state index contributed by atoms with van der Waals surface area (Å²) in [7, 11) is 0. The van der Waals surface area contributed by atoms with Crippen molar-refractivity contribution in [2.75, 3.05) is 6.61 Å². The van der Waals surface area contributed by atoms with E-state index in [0.29, 0.717) is 11.1 Å². The van der Waals surface area contributed by atoms with Gasteiger partial charge in [-0.1, -0.05) is 24.8 Å². The van der Waals surface area contributed by atoms with E-state index >= 15 is 0 Å². The highest BCUT2D eigenvalue weighted by Gasteiger charge is 2.31. The molecule has 1 aromatic rings. The van der Waals surface area contributed by atoms with Crippen LogP contribution >= 0.6 is 0 Å². The lowest BCUT2D eigenvalue weighted by atomic mass is 9.94. The van der Waals surface area contributed by atoms with E-state index in [1.807, 2.05) is 6.07 Å². The monoisotopic (exact) mass is 190 g/mol. The second-order valence-electron chi connectivity index (χ2n) is 3.24. The summed E-state index contributed by atoms with van der Waals surface area (Å²) in [5.74, 6) is -0.404. The van der Waals surface area contributed by atoms with Gasteiger partial charge in [-0.3, -0.25) is 0 Å². The Balaban J connectivity index is 2.37. The smallest absolute Gasteiger partial charge is 0.334 e. The van der Waals surface area contributed by atoms with E-state index in [1.165, 1.54) is 0 Å². The number of esters is 1. The molecule has 14 heavy (non-hydrogen) atoms. The maximum atomic E-state index is 11.1. The molecule has 3 nitrogen and oxygen atoms in total. The van der Waals surface area contributed by atoms with Crippen LogP contribution in [-0.2, 0) is 9.53 Å². The summed E-state index contributed by atoms with van der Waals surface area (Å²) in [5, 5.41) is 9.57. The Morgan fingerprint density at radius 3 is 2.71 bits per heavy atom. The van der Waals surface area contributed by atoms with E-state index in [0.717, 1.165) is 0 Å². The first-order chi connectivity index (χ1) is 6.70. The normalized spacial score (nSPS) is 21.0. The lowest BCUT2D eigenvalue weighted by Crippen LogP contribution is -2.00.